The maximum atomic E-state index is 11.7. The van der Waals surface area contributed by atoms with Crippen LogP contribution in [0.25, 0.3) is 0 Å². The molecule has 1 heterocycles. The van der Waals surface area contributed by atoms with E-state index >= 15 is 0 Å². The zero-order valence-electron chi connectivity index (χ0n) is 12.2. The molecule has 2 rings (SSSR count). The second-order valence-corrected chi connectivity index (χ2v) is 8.30. The summed E-state index contributed by atoms with van der Waals surface area (Å²) in [5.74, 6) is -0.590. The van der Waals surface area contributed by atoms with Crippen molar-refractivity contribution in [1.29, 1.82) is 0 Å². The van der Waals surface area contributed by atoms with Gasteiger partial charge in [-0.3, -0.25) is 14.9 Å². The third kappa shape index (κ3) is 6.75. The molecule has 8 nitrogen and oxygen atoms in total. The van der Waals surface area contributed by atoms with Crippen LogP contribution in [0.4, 0.5) is 4.79 Å². The maximum absolute atomic E-state index is 11.7. The lowest BCUT2D eigenvalue weighted by molar-refractivity contribution is -0.117. The summed E-state index contributed by atoms with van der Waals surface area (Å²) in [4.78, 5) is 34.1. The minimum Gasteiger partial charge on any atom is -0.369 e. The lowest BCUT2D eigenvalue weighted by Crippen LogP contribution is -2.44. The number of urea groups is 1. The Morgan fingerprint density at radius 3 is 2.35 bits per heavy atom. The van der Waals surface area contributed by atoms with Crippen LogP contribution < -0.4 is 16.4 Å². The summed E-state index contributed by atoms with van der Waals surface area (Å²) in [5, 5.41) is 12.9. The molecule has 0 unspecified atom stereocenters. The number of carbonyl (C=O) groups is 3. The van der Waals surface area contributed by atoms with Gasteiger partial charge in [-0.05, 0) is 12.8 Å². The highest BCUT2D eigenvalue weighted by Crippen LogP contribution is 2.28. The molecule has 0 saturated heterocycles. The first-order valence-corrected chi connectivity index (χ1v) is 9.79. The Labute approximate surface area is 145 Å². The molecule has 0 aliphatic heterocycles. The van der Waals surface area contributed by atoms with Crippen molar-refractivity contribution in [2.75, 3.05) is 11.5 Å². The van der Waals surface area contributed by atoms with Gasteiger partial charge in [-0.15, -0.1) is 10.2 Å². The van der Waals surface area contributed by atoms with E-state index in [0.717, 1.165) is 25.7 Å². The van der Waals surface area contributed by atoms with Crippen molar-refractivity contribution in [3.8, 4) is 0 Å². The number of nitrogens with two attached hydrogens (primary N) is 1. The van der Waals surface area contributed by atoms with E-state index in [1.54, 1.807) is 0 Å². The molecule has 1 aromatic heterocycles. The van der Waals surface area contributed by atoms with Crippen LogP contribution in [0.1, 0.15) is 25.7 Å². The van der Waals surface area contributed by atoms with Gasteiger partial charge in [0.25, 0.3) is 0 Å². The lowest BCUT2D eigenvalue weighted by Gasteiger charge is -2.11. The molecule has 126 valence electrons. The first kappa shape index (κ1) is 18.0. The molecule has 1 aliphatic rings. The molecule has 0 aromatic carbocycles. The first-order valence-electron chi connectivity index (χ1n) is 7.00. The van der Waals surface area contributed by atoms with Crippen molar-refractivity contribution in [3.63, 3.8) is 0 Å². The quantitative estimate of drug-likeness (QED) is 0.606. The standard InChI is InChI=1S/C12H17N5O3S3/c13-8(18)5-21-11-16-17-12(23-11)22-6-9(19)15-10(20)14-7-3-1-2-4-7/h7H,1-6H2,(H2,13,18)(H2,14,15,19,20). The second-order valence-electron chi connectivity index (χ2n) is 4.88. The highest BCUT2D eigenvalue weighted by atomic mass is 32.2. The monoisotopic (exact) mass is 375 g/mol. The molecule has 23 heavy (non-hydrogen) atoms. The van der Waals surface area contributed by atoms with E-state index in [-0.39, 0.29) is 23.5 Å². The first-order chi connectivity index (χ1) is 11.0. The molecule has 0 spiro atoms. The van der Waals surface area contributed by atoms with Crippen molar-refractivity contribution in [2.45, 2.75) is 40.4 Å². The molecular weight excluding hydrogens is 358 g/mol. The van der Waals surface area contributed by atoms with E-state index in [4.69, 9.17) is 5.73 Å². The number of hydrogen-bond donors (Lipinski definition) is 3. The van der Waals surface area contributed by atoms with Crippen molar-refractivity contribution >= 4 is 52.7 Å². The Kier molecular flexibility index (Phi) is 7.12. The highest BCUT2D eigenvalue weighted by molar-refractivity contribution is 8.03. The van der Waals surface area contributed by atoms with Crippen LogP contribution in [0, 0.1) is 0 Å². The van der Waals surface area contributed by atoms with Gasteiger partial charge < -0.3 is 11.1 Å². The number of aromatic nitrogens is 2. The van der Waals surface area contributed by atoms with Gasteiger partial charge in [0.15, 0.2) is 8.68 Å². The predicted octanol–water partition coefficient (Wildman–Crippen LogP) is 0.976. The second kappa shape index (κ2) is 9.08. The fourth-order valence-electron chi connectivity index (χ4n) is 2.03. The number of amides is 4. The SMILES string of the molecule is NC(=O)CSc1nnc(SCC(=O)NC(=O)NC2CCCC2)s1. The molecular formula is C12H17N5O3S3. The number of rotatable bonds is 7. The summed E-state index contributed by atoms with van der Waals surface area (Å²) in [5.41, 5.74) is 5.05. The molecule has 0 bridgehead atoms. The van der Waals surface area contributed by atoms with Gasteiger partial charge >= 0.3 is 6.03 Å². The molecule has 4 N–H and O–H groups in total. The van der Waals surface area contributed by atoms with E-state index in [1.807, 2.05) is 0 Å². The van der Waals surface area contributed by atoms with E-state index in [2.05, 4.69) is 20.8 Å². The fraction of sp³-hybridized carbons (Fsp3) is 0.583. The molecule has 4 amide bonds. The largest absolute Gasteiger partial charge is 0.369 e. The van der Waals surface area contributed by atoms with Gasteiger partial charge in [0.2, 0.25) is 11.8 Å². The molecule has 1 aromatic rings. The fourth-order valence-corrected chi connectivity index (χ4v) is 4.59. The van der Waals surface area contributed by atoms with Gasteiger partial charge in [-0.2, -0.15) is 0 Å². The summed E-state index contributed by atoms with van der Waals surface area (Å²) < 4.78 is 1.22. The minimum atomic E-state index is -0.447. The van der Waals surface area contributed by atoms with Crippen molar-refractivity contribution < 1.29 is 14.4 Å². The van der Waals surface area contributed by atoms with E-state index in [1.165, 1.54) is 34.9 Å². The Balaban J connectivity index is 1.67. The van der Waals surface area contributed by atoms with Crippen LogP contribution in [-0.2, 0) is 9.59 Å². The van der Waals surface area contributed by atoms with Gasteiger partial charge in [0, 0.05) is 6.04 Å². The van der Waals surface area contributed by atoms with Crippen molar-refractivity contribution in [1.82, 2.24) is 20.8 Å². The third-order valence-corrected chi connectivity index (χ3v) is 6.21. The van der Waals surface area contributed by atoms with Crippen LogP contribution in [-0.4, -0.2) is 45.6 Å². The number of nitrogens with zero attached hydrogens (tertiary/aromatic N) is 2. The molecule has 0 radical (unpaired) electrons. The zero-order chi connectivity index (χ0) is 16.7. The van der Waals surface area contributed by atoms with E-state index < -0.39 is 11.9 Å². The molecule has 1 saturated carbocycles. The molecule has 0 atom stereocenters. The summed E-state index contributed by atoms with van der Waals surface area (Å²) >= 11 is 3.67. The van der Waals surface area contributed by atoms with Gasteiger partial charge in [0.1, 0.15) is 0 Å². The lowest BCUT2D eigenvalue weighted by atomic mass is 10.2. The van der Waals surface area contributed by atoms with Crippen molar-refractivity contribution in [3.05, 3.63) is 0 Å². The molecule has 1 aliphatic carbocycles. The Morgan fingerprint density at radius 2 is 1.74 bits per heavy atom. The van der Waals surface area contributed by atoms with Crippen LogP contribution in [0.2, 0.25) is 0 Å². The Bertz CT molecular complexity index is 574. The summed E-state index contributed by atoms with van der Waals surface area (Å²) in [7, 11) is 0. The summed E-state index contributed by atoms with van der Waals surface area (Å²) in [6.45, 7) is 0. The van der Waals surface area contributed by atoms with Crippen molar-refractivity contribution in [2.24, 2.45) is 5.73 Å². The molecule has 11 heteroatoms. The summed E-state index contributed by atoms with van der Waals surface area (Å²) in [6.07, 6.45) is 4.16. The van der Waals surface area contributed by atoms with E-state index in [9.17, 15) is 14.4 Å². The van der Waals surface area contributed by atoms with Crippen LogP contribution in [0.3, 0.4) is 0 Å². The minimum absolute atomic E-state index is 0.0766. The number of thioether (sulfide) groups is 2. The highest BCUT2D eigenvalue weighted by Gasteiger charge is 2.18. The predicted molar refractivity (Wildman–Crippen MR) is 89.5 cm³/mol. The maximum Gasteiger partial charge on any atom is 0.321 e. The Morgan fingerprint density at radius 1 is 1.13 bits per heavy atom. The zero-order valence-corrected chi connectivity index (χ0v) is 14.7. The number of carbonyl (C=O) groups excluding carboxylic acids is 3. The Hall–Kier alpha value is -1.33. The number of nitrogens with one attached hydrogen (secondary N) is 2. The number of hydrogen-bond acceptors (Lipinski definition) is 8. The normalized spacial score (nSPS) is 14.6. The third-order valence-electron chi connectivity index (χ3n) is 3.00. The topological polar surface area (TPSA) is 127 Å². The average Bonchev–Trinajstić information content (AvgIpc) is 3.14. The van der Waals surface area contributed by atoms with Crippen LogP contribution in [0.15, 0.2) is 8.68 Å². The number of primary amides is 1. The number of imide groups is 1. The molecule has 1 fully saturated rings. The van der Waals surface area contributed by atoms with Crippen LogP contribution >= 0.6 is 34.9 Å². The van der Waals surface area contributed by atoms with Crippen LogP contribution in [0.5, 0.6) is 0 Å². The average molecular weight is 376 g/mol. The van der Waals surface area contributed by atoms with Gasteiger partial charge in [-0.1, -0.05) is 47.7 Å². The van der Waals surface area contributed by atoms with Gasteiger partial charge in [0.05, 0.1) is 11.5 Å². The smallest absolute Gasteiger partial charge is 0.321 e. The van der Waals surface area contributed by atoms with E-state index in [0.29, 0.717) is 8.68 Å². The van der Waals surface area contributed by atoms with Gasteiger partial charge in [-0.25, -0.2) is 4.79 Å². The summed E-state index contributed by atoms with van der Waals surface area (Å²) in [6, 6.07) is -0.277.